The normalized spacial score (nSPS) is 10.8. The van der Waals surface area contributed by atoms with E-state index in [1.807, 2.05) is 6.07 Å². The molecule has 2 aromatic heterocycles. The SMILES string of the molecule is CCOC(=O)CCCc1nc(C(=O)c2cccc([N+](=O)[O-])c2)c2ccccn12. The number of imidazole rings is 1. The van der Waals surface area contributed by atoms with Crippen molar-refractivity contribution < 1.29 is 19.2 Å². The summed E-state index contributed by atoms with van der Waals surface area (Å²) in [6.45, 7) is 2.10. The Labute approximate surface area is 160 Å². The van der Waals surface area contributed by atoms with Crippen molar-refractivity contribution in [2.45, 2.75) is 26.2 Å². The fourth-order valence-electron chi connectivity index (χ4n) is 2.97. The van der Waals surface area contributed by atoms with Gasteiger partial charge in [-0.15, -0.1) is 0 Å². The predicted molar refractivity (Wildman–Crippen MR) is 101 cm³/mol. The standard InChI is InChI=1S/C20H19N3O5/c1-2-28-18(24)11-6-10-17-21-19(16-9-3-4-12-22(16)17)20(25)14-7-5-8-15(13-14)23(26)27/h3-5,7-9,12-13H,2,6,10-11H2,1H3. The fourth-order valence-corrected chi connectivity index (χ4v) is 2.97. The van der Waals surface area contributed by atoms with E-state index >= 15 is 0 Å². The molecule has 2 heterocycles. The van der Waals surface area contributed by atoms with Gasteiger partial charge >= 0.3 is 5.97 Å². The van der Waals surface area contributed by atoms with Gasteiger partial charge in [0.05, 0.1) is 17.0 Å². The molecule has 3 aromatic rings. The number of carbonyl (C=O) groups excluding carboxylic acids is 2. The largest absolute Gasteiger partial charge is 0.466 e. The number of nitro groups is 1. The van der Waals surface area contributed by atoms with Gasteiger partial charge in [0.1, 0.15) is 11.5 Å². The Morgan fingerprint density at radius 1 is 1.21 bits per heavy atom. The van der Waals surface area contributed by atoms with E-state index in [4.69, 9.17) is 4.74 Å². The number of hydrogen-bond acceptors (Lipinski definition) is 6. The van der Waals surface area contributed by atoms with Gasteiger partial charge < -0.3 is 9.14 Å². The lowest BCUT2D eigenvalue weighted by molar-refractivity contribution is -0.384. The molecule has 1 aromatic carbocycles. The van der Waals surface area contributed by atoms with Crippen molar-refractivity contribution in [2.24, 2.45) is 0 Å². The Balaban J connectivity index is 1.89. The van der Waals surface area contributed by atoms with Crippen LogP contribution in [0.4, 0.5) is 5.69 Å². The molecule has 0 radical (unpaired) electrons. The van der Waals surface area contributed by atoms with Crippen LogP contribution in [-0.4, -0.2) is 32.7 Å². The molecule has 0 bridgehead atoms. The minimum absolute atomic E-state index is 0.149. The highest BCUT2D eigenvalue weighted by atomic mass is 16.6. The summed E-state index contributed by atoms with van der Waals surface area (Å²) >= 11 is 0. The predicted octanol–water partition coefficient (Wildman–Crippen LogP) is 3.36. The number of carbonyl (C=O) groups is 2. The summed E-state index contributed by atoms with van der Waals surface area (Å²) in [4.78, 5) is 39.4. The van der Waals surface area contributed by atoms with Gasteiger partial charge in [-0.1, -0.05) is 18.2 Å². The molecule has 0 aliphatic heterocycles. The average molecular weight is 381 g/mol. The second-order valence-electron chi connectivity index (χ2n) is 6.13. The molecule has 0 unspecified atom stereocenters. The van der Waals surface area contributed by atoms with E-state index in [-0.39, 0.29) is 35.1 Å². The Morgan fingerprint density at radius 2 is 2.04 bits per heavy atom. The lowest BCUT2D eigenvalue weighted by atomic mass is 10.1. The van der Waals surface area contributed by atoms with Crippen LogP contribution in [0.2, 0.25) is 0 Å². The molecule has 8 nitrogen and oxygen atoms in total. The third-order valence-electron chi connectivity index (χ3n) is 4.24. The van der Waals surface area contributed by atoms with Gasteiger partial charge in [-0.2, -0.15) is 0 Å². The molecule has 0 atom stereocenters. The van der Waals surface area contributed by atoms with Crippen molar-refractivity contribution in [2.75, 3.05) is 6.61 Å². The molecule has 0 aliphatic carbocycles. The highest BCUT2D eigenvalue weighted by molar-refractivity contribution is 6.12. The molecule has 28 heavy (non-hydrogen) atoms. The van der Waals surface area contributed by atoms with Gasteiger partial charge in [-0.05, 0) is 25.5 Å². The molecule has 0 saturated heterocycles. The van der Waals surface area contributed by atoms with E-state index in [1.54, 1.807) is 29.7 Å². The van der Waals surface area contributed by atoms with Gasteiger partial charge in [-0.25, -0.2) is 4.98 Å². The molecule has 0 aliphatic rings. The van der Waals surface area contributed by atoms with Crippen molar-refractivity contribution >= 4 is 23.0 Å². The first-order valence-electron chi connectivity index (χ1n) is 8.92. The monoisotopic (exact) mass is 381 g/mol. The van der Waals surface area contributed by atoms with Crippen LogP contribution in [0, 0.1) is 10.1 Å². The molecule has 3 rings (SSSR count). The van der Waals surface area contributed by atoms with E-state index in [0.717, 1.165) is 0 Å². The number of aryl methyl sites for hydroxylation is 1. The molecule has 0 N–H and O–H groups in total. The lowest BCUT2D eigenvalue weighted by Gasteiger charge is -2.02. The molecule has 0 saturated carbocycles. The smallest absolute Gasteiger partial charge is 0.305 e. The first-order valence-corrected chi connectivity index (χ1v) is 8.92. The van der Waals surface area contributed by atoms with Crippen molar-refractivity contribution in [3.63, 3.8) is 0 Å². The number of esters is 1. The van der Waals surface area contributed by atoms with Crippen LogP contribution >= 0.6 is 0 Å². The number of non-ortho nitro benzene ring substituents is 1. The lowest BCUT2D eigenvalue weighted by Crippen LogP contribution is -2.05. The molecule has 0 amide bonds. The number of ketones is 1. The summed E-state index contributed by atoms with van der Waals surface area (Å²) in [6.07, 6.45) is 3.10. The maximum absolute atomic E-state index is 12.9. The van der Waals surface area contributed by atoms with Crippen LogP contribution < -0.4 is 0 Å². The van der Waals surface area contributed by atoms with E-state index in [1.165, 1.54) is 24.3 Å². The Hall–Kier alpha value is -3.55. The van der Waals surface area contributed by atoms with E-state index in [0.29, 0.717) is 30.8 Å². The zero-order valence-corrected chi connectivity index (χ0v) is 15.3. The van der Waals surface area contributed by atoms with E-state index < -0.39 is 4.92 Å². The third-order valence-corrected chi connectivity index (χ3v) is 4.24. The summed E-state index contributed by atoms with van der Waals surface area (Å²) in [6, 6.07) is 11.0. The molecule has 144 valence electrons. The van der Waals surface area contributed by atoms with Crippen LogP contribution in [-0.2, 0) is 16.0 Å². The number of nitro benzene ring substituents is 1. The second kappa shape index (κ2) is 8.43. The maximum atomic E-state index is 12.9. The van der Waals surface area contributed by atoms with Gasteiger partial charge in [0.15, 0.2) is 0 Å². The highest BCUT2D eigenvalue weighted by Crippen LogP contribution is 2.21. The Bertz CT molecular complexity index is 1040. The van der Waals surface area contributed by atoms with Gasteiger partial charge in [-0.3, -0.25) is 19.7 Å². The Morgan fingerprint density at radius 3 is 2.79 bits per heavy atom. The minimum Gasteiger partial charge on any atom is -0.466 e. The number of nitrogens with zero attached hydrogens (tertiary/aromatic N) is 3. The number of hydrogen-bond donors (Lipinski definition) is 0. The van der Waals surface area contributed by atoms with Gasteiger partial charge in [0, 0.05) is 36.7 Å². The molecule has 0 fully saturated rings. The Kier molecular flexibility index (Phi) is 5.78. The van der Waals surface area contributed by atoms with Crippen LogP contribution in [0.1, 0.15) is 41.6 Å². The second-order valence-corrected chi connectivity index (χ2v) is 6.13. The van der Waals surface area contributed by atoms with Crippen molar-refractivity contribution in [3.05, 3.63) is 75.9 Å². The molecule has 8 heteroatoms. The van der Waals surface area contributed by atoms with Crippen LogP contribution in [0.15, 0.2) is 48.7 Å². The topological polar surface area (TPSA) is 104 Å². The number of benzene rings is 1. The van der Waals surface area contributed by atoms with E-state index in [2.05, 4.69) is 4.98 Å². The first kappa shape index (κ1) is 19.2. The number of aromatic nitrogens is 2. The number of pyridine rings is 1. The van der Waals surface area contributed by atoms with Crippen LogP contribution in [0.5, 0.6) is 0 Å². The summed E-state index contributed by atoms with van der Waals surface area (Å²) in [5, 5.41) is 11.0. The molecular formula is C20H19N3O5. The fraction of sp³-hybridized carbons (Fsp3) is 0.250. The van der Waals surface area contributed by atoms with Crippen molar-refractivity contribution in [1.82, 2.24) is 9.38 Å². The van der Waals surface area contributed by atoms with Crippen molar-refractivity contribution in [1.29, 1.82) is 0 Å². The van der Waals surface area contributed by atoms with Gasteiger partial charge in [0.2, 0.25) is 5.78 Å². The number of rotatable bonds is 8. The number of fused-ring (bicyclic) bond motifs is 1. The van der Waals surface area contributed by atoms with Crippen LogP contribution in [0.25, 0.3) is 5.52 Å². The quantitative estimate of drug-likeness (QED) is 0.256. The summed E-state index contributed by atoms with van der Waals surface area (Å²) in [5.41, 5.74) is 0.900. The van der Waals surface area contributed by atoms with Crippen LogP contribution in [0.3, 0.4) is 0 Å². The van der Waals surface area contributed by atoms with Gasteiger partial charge in [0.25, 0.3) is 5.69 Å². The summed E-state index contributed by atoms with van der Waals surface area (Å²) in [7, 11) is 0. The minimum atomic E-state index is -0.539. The zero-order valence-electron chi connectivity index (χ0n) is 15.3. The van der Waals surface area contributed by atoms with Crippen molar-refractivity contribution in [3.8, 4) is 0 Å². The van der Waals surface area contributed by atoms with E-state index in [9.17, 15) is 19.7 Å². The average Bonchev–Trinajstić information content (AvgIpc) is 3.06. The third kappa shape index (κ3) is 4.06. The molecule has 0 spiro atoms. The highest BCUT2D eigenvalue weighted by Gasteiger charge is 2.20. The zero-order chi connectivity index (χ0) is 20.1. The maximum Gasteiger partial charge on any atom is 0.305 e. The first-order chi connectivity index (χ1) is 13.5. The summed E-state index contributed by atoms with van der Waals surface area (Å²) in [5.74, 6) is -0.00558. The summed E-state index contributed by atoms with van der Waals surface area (Å²) < 4.78 is 6.73. The number of ether oxygens (including phenoxy) is 1. The molecular weight excluding hydrogens is 362 g/mol.